The number of hydrogen-bond acceptors (Lipinski definition) is 5. The Hall–Kier alpha value is -2.31. The number of anilines is 1. The van der Waals surface area contributed by atoms with E-state index in [2.05, 4.69) is 5.32 Å². The molecule has 1 aliphatic heterocycles. The predicted molar refractivity (Wildman–Crippen MR) is 108 cm³/mol. The smallest absolute Gasteiger partial charge is 0.267 e. The highest BCUT2D eigenvalue weighted by Gasteiger charge is 2.31. The first-order valence-electron chi connectivity index (χ1n) is 7.77. The van der Waals surface area contributed by atoms with Gasteiger partial charge in [-0.2, -0.15) is 0 Å². The molecule has 0 unspecified atom stereocenters. The van der Waals surface area contributed by atoms with E-state index in [1.165, 1.54) is 17.3 Å². The van der Waals surface area contributed by atoms with Gasteiger partial charge in [0.2, 0.25) is 0 Å². The molecular weight excluding hydrogens is 352 g/mol. The molecule has 1 saturated heterocycles. The molecule has 1 aliphatic rings. The molecule has 1 amide bonds. The van der Waals surface area contributed by atoms with Crippen LogP contribution in [0, 0.1) is 6.92 Å². The van der Waals surface area contributed by atoms with Crippen molar-refractivity contribution < 1.29 is 9.53 Å². The van der Waals surface area contributed by atoms with Crippen LogP contribution in [0.2, 0.25) is 0 Å². The lowest BCUT2D eigenvalue weighted by Crippen LogP contribution is -2.33. The van der Waals surface area contributed by atoms with E-state index >= 15 is 0 Å². The Bertz CT molecular complexity index is 832. The number of ether oxygens (including phenoxy) is 1. The van der Waals surface area contributed by atoms with Gasteiger partial charge in [-0.05, 0) is 31.2 Å². The first-order chi connectivity index (χ1) is 12.1. The molecule has 0 aliphatic carbocycles. The standard InChI is InChI=1S/C19H18N2O2S2/c1-13-7-9-15(10-8-13)20-12-21-18(22)17(25-19(21)24)11-14-5-3-4-6-16(14)23-2/h3-11,20H,12H2,1-2H3/b17-11+. The molecular formula is C19H18N2O2S2. The van der Waals surface area contributed by atoms with Crippen LogP contribution in [-0.2, 0) is 4.79 Å². The number of amides is 1. The first-order valence-corrected chi connectivity index (χ1v) is 9.00. The van der Waals surface area contributed by atoms with Crippen molar-refractivity contribution in [1.29, 1.82) is 0 Å². The average molecular weight is 370 g/mol. The lowest BCUT2D eigenvalue weighted by molar-refractivity contribution is -0.121. The highest BCUT2D eigenvalue weighted by molar-refractivity contribution is 8.26. The molecule has 0 aromatic heterocycles. The summed E-state index contributed by atoms with van der Waals surface area (Å²) in [6.07, 6.45) is 1.82. The Morgan fingerprint density at radius 1 is 1.20 bits per heavy atom. The van der Waals surface area contributed by atoms with Crippen molar-refractivity contribution in [3.8, 4) is 5.75 Å². The van der Waals surface area contributed by atoms with Crippen molar-refractivity contribution >= 4 is 46.0 Å². The summed E-state index contributed by atoms with van der Waals surface area (Å²) in [6, 6.07) is 15.6. The number of thiocarbonyl (C=S) groups is 1. The molecule has 25 heavy (non-hydrogen) atoms. The van der Waals surface area contributed by atoms with E-state index in [-0.39, 0.29) is 5.91 Å². The molecule has 2 aromatic rings. The fourth-order valence-corrected chi connectivity index (χ4v) is 3.65. The number of hydrogen-bond donors (Lipinski definition) is 1. The molecule has 0 radical (unpaired) electrons. The maximum absolute atomic E-state index is 12.7. The van der Waals surface area contributed by atoms with E-state index in [9.17, 15) is 4.79 Å². The number of benzene rings is 2. The summed E-state index contributed by atoms with van der Waals surface area (Å²) in [4.78, 5) is 14.8. The summed E-state index contributed by atoms with van der Waals surface area (Å²) in [5.74, 6) is 0.631. The minimum absolute atomic E-state index is 0.0967. The lowest BCUT2D eigenvalue weighted by Gasteiger charge is -2.16. The Labute approximate surface area is 156 Å². The quantitative estimate of drug-likeness (QED) is 0.629. The fourth-order valence-electron chi connectivity index (χ4n) is 2.40. The predicted octanol–water partition coefficient (Wildman–Crippen LogP) is 4.27. The zero-order valence-corrected chi connectivity index (χ0v) is 15.6. The number of methoxy groups -OCH3 is 1. The van der Waals surface area contributed by atoms with E-state index in [0.29, 0.717) is 15.9 Å². The number of nitrogens with one attached hydrogen (secondary N) is 1. The van der Waals surface area contributed by atoms with Crippen LogP contribution in [0.5, 0.6) is 5.75 Å². The van der Waals surface area contributed by atoms with Crippen molar-refractivity contribution in [2.24, 2.45) is 0 Å². The summed E-state index contributed by atoms with van der Waals surface area (Å²) < 4.78 is 5.88. The van der Waals surface area contributed by atoms with Crippen molar-refractivity contribution in [2.45, 2.75) is 6.92 Å². The van der Waals surface area contributed by atoms with Gasteiger partial charge >= 0.3 is 0 Å². The van der Waals surface area contributed by atoms with Gasteiger partial charge in [0.1, 0.15) is 10.1 Å². The Morgan fingerprint density at radius 3 is 2.64 bits per heavy atom. The van der Waals surface area contributed by atoms with Gasteiger partial charge in [-0.3, -0.25) is 9.69 Å². The van der Waals surface area contributed by atoms with Gasteiger partial charge in [-0.15, -0.1) is 0 Å². The number of thioether (sulfide) groups is 1. The van der Waals surface area contributed by atoms with Crippen molar-refractivity contribution in [1.82, 2.24) is 4.90 Å². The molecule has 1 N–H and O–H groups in total. The molecule has 0 spiro atoms. The summed E-state index contributed by atoms with van der Waals surface area (Å²) in [7, 11) is 1.61. The molecule has 1 heterocycles. The van der Waals surface area contributed by atoms with Gasteiger partial charge in [0, 0.05) is 11.3 Å². The third kappa shape index (κ3) is 4.03. The molecule has 128 valence electrons. The number of carbonyl (C=O) groups excluding carboxylic acids is 1. The van der Waals surface area contributed by atoms with Gasteiger partial charge in [0.25, 0.3) is 5.91 Å². The Balaban J connectivity index is 1.73. The van der Waals surface area contributed by atoms with Crippen LogP contribution < -0.4 is 10.1 Å². The van der Waals surface area contributed by atoms with Crippen molar-refractivity contribution in [3.05, 3.63) is 64.6 Å². The molecule has 0 atom stereocenters. The first kappa shape index (κ1) is 17.5. The lowest BCUT2D eigenvalue weighted by atomic mass is 10.2. The normalized spacial score (nSPS) is 15.8. The summed E-state index contributed by atoms with van der Waals surface area (Å²) in [6.45, 7) is 2.38. The second-order valence-corrected chi connectivity index (χ2v) is 7.23. The number of rotatable bonds is 5. The van der Waals surface area contributed by atoms with Gasteiger partial charge < -0.3 is 10.1 Å². The average Bonchev–Trinajstić information content (AvgIpc) is 2.88. The second-order valence-electron chi connectivity index (χ2n) is 5.55. The van der Waals surface area contributed by atoms with Gasteiger partial charge in [-0.25, -0.2) is 0 Å². The van der Waals surface area contributed by atoms with Gasteiger partial charge in [0.15, 0.2) is 0 Å². The Kier molecular flexibility index (Phi) is 5.40. The topological polar surface area (TPSA) is 41.6 Å². The molecule has 6 heteroatoms. The number of carbonyl (C=O) groups is 1. The number of nitrogens with zero attached hydrogens (tertiary/aromatic N) is 1. The summed E-state index contributed by atoms with van der Waals surface area (Å²) >= 11 is 6.67. The van der Waals surface area contributed by atoms with Crippen molar-refractivity contribution in [3.63, 3.8) is 0 Å². The van der Waals surface area contributed by atoms with E-state index in [4.69, 9.17) is 17.0 Å². The van der Waals surface area contributed by atoms with Crippen LogP contribution in [0.1, 0.15) is 11.1 Å². The van der Waals surface area contributed by atoms with Crippen LogP contribution >= 0.6 is 24.0 Å². The van der Waals surface area contributed by atoms with Gasteiger partial charge in [-0.1, -0.05) is 59.9 Å². The zero-order chi connectivity index (χ0) is 17.8. The van der Waals surface area contributed by atoms with E-state index in [1.807, 2.05) is 61.5 Å². The minimum Gasteiger partial charge on any atom is -0.496 e. The molecule has 2 aromatic carbocycles. The molecule has 0 saturated carbocycles. The highest BCUT2D eigenvalue weighted by Crippen LogP contribution is 2.34. The van der Waals surface area contributed by atoms with Crippen LogP contribution in [0.15, 0.2) is 53.4 Å². The fraction of sp³-hybridized carbons (Fsp3) is 0.158. The second kappa shape index (κ2) is 7.72. The van der Waals surface area contributed by atoms with E-state index in [1.54, 1.807) is 12.0 Å². The zero-order valence-electron chi connectivity index (χ0n) is 14.0. The monoisotopic (exact) mass is 370 g/mol. The van der Waals surface area contributed by atoms with Gasteiger partial charge in [0.05, 0.1) is 18.7 Å². The molecule has 1 fully saturated rings. The van der Waals surface area contributed by atoms with Crippen molar-refractivity contribution in [2.75, 3.05) is 19.1 Å². The number of aryl methyl sites for hydroxylation is 1. The van der Waals surface area contributed by atoms with Crippen LogP contribution in [-0.4, -0.2) is 28.9 Å². The summed E-state index contributed by atoms with van der Waals surface area (Å²) in [5, 5.41) is 3.23. The van der Waals surface area contributed by atoms with Crippen LogP contribution in [0.3, 0.4) is 0 Å². The molecule has 3 rings (SSSR count). The molecule has 4 nitrogen and oxygen atoms in total. The minimum atomic E-state index is -0.0967. The number of para-hydroxylation sites is 1. The van der Waals surface area contributed by atoms with E-state index < -0.39 is 0 Å². The maximum Gasteiger partial charge on any atom is 0.267 e. The molecule has 0 bridgehead atoms. The van der Waals surface area contributed by atoms with Crippen LogP contribution in [0.25, 0.3) is 6.08 Å². The third-order valence-corrected chi connectivity index (χ3v) is 5.17. The summed E-state index contributed by atoms with van der Waals surface area (Å²) in [5.41, 5.74) is 3.00. The maximum atomic E-state index is 12.7. The SMILES string of the molecule is COc1ccccc1/C=C1/SC(=S)N(CNc2ccc(C)cc2)C1=O. The van der Waals surface area contributed by atoms with Crippen LogP contribution in [0.4, 0.5) is 5.69 Å². The Morgan fingerprint density at radius 2 is 1.92 bits per heavy atom. The highest BCUT2D eigenvalue weighted by atomic mass is 32.2. The largest absolute Gasteiger partial charge is 0.496 e. The van der Waals surface area contributed by atoms with E-state index in [0.717, 1.165) is 17.0 Å². The third-order valence-electron chi connectivity index (χ3n) is 3.79.